The fourth-order valence-electron chi connectivity index (χ4n) is 1.45. The number of hydrogen-bond donors (Lipinski definition) is 1. The molecule has 0 saturated carbocycles. The maximum absolute atomic E-state index is 13.4. The fourth-order valence-corrected chi connectivity index (χ4v) is 1.45. The average Bonchev–Trinajstić information content (AvgIpc) is 2.21. The first-order chi connectivity index (χ1) is 7.07. The Kier molecular flexibility index (Phi) is 3.88. The van der Waals surface area contributed by atoms with Crippen LogP contribution in [0.4, 0.5) is 20.2 Å². The van der Waals surface area contributed by atoms with Gasteiger partial charge >= 0.3 is 0 Å². The summed E-state index contributed by atoms with van der Waals surface area (Å²) >= 11 is 0. The Balaban J connectivity index is 2.96. The SMILES string of the molecule is CCCCN(C)c1c(N)ccc(F)c1F. The molecule has 0 aliphatic heterocycles. The summed E-state index contributed by atoms with van der Waals surface area (Å²) in [5.41, 5.74) is 6.04. The first-order valence-electron chi connectivity index (χ1n) is 5.02. The molecule has 0 spiro atoms. The second kappa shape index (κ2) is 4.96. The molecule has 2 nitrogen and oxygen atoms in total. The largest absolute Gasteiger partial charge is 0.397 e. The highest BCUT2D eigenvalue weighted by molar-refractivity contribution is 5.68. The number of nitrogens with zero attached hydrogens (tertiary/aromatic N) is 1. The van der Waals surface area contributed by atoms with Gasteiger partial charge in [0.05, 0.1) is 11.4 Å². The van der Waals surface area contributed by atoms with Gasteiger partial charge in [-0.05, 0) is 18.6 Å². The van der Waals surface area contributed by atoms with E-state index in [4.69, 9.17) is 5.73 Å². The third-order valence-corrected chi connectivity index (χ3v) is 2.33. The van der Waals surface area contributed by atoms with E-state index in [9.17, 15) is 8.78 Å². The Labute approximate surface area is 88.7 Å². The summed E-state index contributed by atoms with van der Waals surface area (Å²) in [6, 6.07) is 2.43. The summed E-state index contributed by atoms with van der Waals surface area (Å²) in [6.45, 7) is 2.71. The number of unbranched alkanes of at least 4 members (excludes halogenated alkanes) is 1. The second-order valence-corrected chi connectivity index (χ2v) is 3.57. The van der Waals surface area contributed by atoms with Crippen LogP contribution in [-0.2, 0) is 0 Å². The molecular weight excluding hydrogens is 198 g/mol. The first-order valence-corrected chi connectivity index (χ1v) is 5.02. The molecule has 2 N–H and O–H groups in total. The molecular formula is C11H16F2N2. The van der Waals surface area contributed by atoms with Crippen molar-refractivity contribution < 1.29 is 8.78 Å². The summed E-state index contributed by atoms with van der Waals surface area (Å²) in [7, 11) is 1.71. The lowest BCUT2D eigenvalue weighted by molar-refractivity contribution is 0.507. The molecule has 84 valence electrons. The molecule has 0 aliphatic rings. The summed E-state index contributed by atoms with van der Waals surface area (Å²) in [6.07, 6.45) is 1.92. The topological polar surface area (TPSA) is 29.3 Å². The molecule has 4 heteroatoms. The van der Waals surface area contributed by atoms with Crippen LogP contribution in [0.5, 0.6) is 0 Å². The van der Waals surface area contributed by atoms with E-state index in [2.05, 4.69) is 0 Å². The van der Waals surface area contributed by atoms with Crippen LogP contribution in [0.1, 0.15) is 19.8 Å². The van der Waals surface area contributed by atoms with E-state index in [1.54, 1.807) is 11.9 Å². The fraction of sp³-hybridized carbons (Fsp3) is 0.455. The Morgan fingerprint density at radius 3 is 2.60 bits per heavy atom. The quantitative estimate of drug-likeness (QED) is 0.781. The second-order valence-electron chi connectivity index (χ2n) is 3.57. The number of nitrogens with two attached hydrogens (primary N) is 1. The van der Waals surface area contributed by atoms with Gasteiger partial charge in [0.25, 0.3) is 0 Å². The molecule has 0 radical (unpaired) electrons. The van der Waals surface area contributed by atoms with Crippen molar-refractivity contribution in [3.63, 3.8) is 0 Å². The number of anilines is 2. The van der Waals surface area contributed by atoms with E-state index < -0.39 is 11.6 Å². The predicted octanol–water partition coefficient (Wildman–Crippen LogP) is 2.78. The number of benzene rings is 1. The van der Waals surface area contributed by atoms with Crippen LogP contribution >= 0.6 is 0 Å². The van der Waals surface area contributed by atoms with Gasteiger partial charge in [-0.3, -0.25) is 0 Å². The Bertz CT molecular complexity index is 340. The molecule has 1 aromatic rings. The van der Waals surface area contributed by atoms with Gasteiger partial charge in [-0.15, -0.1) is 0 Å². The van der Waals surface area contributed by atoms with Crippen molar-refractivity contribution >= 4 is 11.4 Å². The van der Waals surface area contributed by atoms with Gasteiger partial charge in [0.2, 0.25) is 0 Å². The number of nitrogen functional groups attached to an aromatic ring is 1. The van der Waals surface area contributed by atoms with E-state index in [1.165, 1.54) is 6.07 Å². The molecule has 0 unspecified atom stereocenters. The van der Waals surface area contributed by atoms with Gasteiger partial charge < -0.3 is 10.6 Å². The van der Waals surface area contributed by atoms with Crippen molar-refractivity contribution in [3.05, 3.63) is 23.8 Å². The van der Waals surface area contributed by atoms with Crippen molar-refractivity contribution in [2.75, 3.05) is 24.2 Å². The standard InChI is InChI=1S/C11H16F2N2/c1-3-4-7-15(2)11-9(14)6-5-8(12)10(11)13/h5-6H,3-4,7,14H2,1-2H3. The molecule has 0 aliphatic carbocycles. The van der Waals surface area contributed by atoms with Crippen molar-refractivity contribution in [2.45, 2.75) is 19.8 Å². The number of rotatable bonds is 4. The monoisotopic (exact) mass is 214 g/mol. The molecule has 15 heavy (non-hydrogen) atoms. The van der Waals surface area contributed by atoms with Gasteiger partial charge in [0, 0.05) is 13.6 Å². The Morgan fingerprint density at radius 2 is 2.00 bits per heavy atom. The summed E-state index contributed by atoms with van der Waals surface area (Å²) in [5.74, 6) is -1.73. The van der Waals surface area contributed by atoms with E-state index >= 15 is 0 Å². The number of hydrogen-bond acceptors (Lipinski definition) is 2. The third kappa shape index (κ3) is 2.58. The molecule has 0 heterocycles. The maximum Gasteiger partial charge on any atom is 0.184 e. The zero-order chi connectivity index (χ0) is 11.4. The minimum Gasteiger partial charge on any atom is -0.397 e. The lowest BCUT2D eigenvalue weighted by Gasteiger charge is -2.21. The zero-order valence-corrected chi connectivity index (χ0v) is 9.06. The van der Waals surface area contributed by atoms with Gasteiger partial charge in [-0.2, -0.15) is 0 Å². The van der Waals surface area contributed by atoms with Gasteiger partial charge in [-0.25, -0.2) is 8.78 Å². The first kappa shape index (κ1) is 11.8. The molecule has 0 aromatic heterocycles. The van der Waals surface area contributed by atoms with Gasteiger partial charge in [0.15, 0.2) is 11.6 Å². The van der Waals surface area contributed by atoms with Crippen molar-refractivity contribution in [1.82, 2.24) is 0 Å². The summed E-state index contributed by atoms with van der Waals surface area (Å²) in [4.78, 5) is 1.65. The third-order valence-electron chi connectivity index (χ3n) is 2.33. The minimum atomic E-state index is -0.867. The molecule has 0 amide bonds. The van der Waals surface area contributed by atoms with Crippen LogP contribution in [0.25, 0.3) is 0 Å². The lowest BCUT2D eigenvalue weighted by atomic mass is 10.2. The average molecular weight is 214 g/mol. The van der Waals surface area contributed by atoms with Crippen molar-refractivity contribution in [1.29, 1.82) is 0 Å². The van der Waals surface area contributed by atoms with Crippen LogP contribution in [0, 0.1) is 11.6 Å². The Morgan fingerprint density at radius 1 is 1.33 bits per heavy atom. The summed E-state index contributed by atoms with van der Waals surface area (Å²) < 4.78 is 26.4. The normalized spacial score (nSPS) is 10.4. The molecule has 1 aromatic carbocycles. The van der Waals surface area contributed by atoms with Crippen molar-refractivity contribution in [3.8, 4) is 0 Å². The smallest absolute Gasteiger partial charge is 0.184 e. The van der Waals surface area contributed by atoms with Crippen LogP contribution in [0.3, 0.4) is 0 Å². The van der Waals surface area contributed by atoms with Crippen LogP contribution in [-0.4, -0.2) is 13.6 Å². The maximum atomic E-state index is 13.4. The zero-order valence-electron chi connectivity index (χ0n) is 9.06. The lowest BCUT2D eigenvalue weighted by Crippen LogP contribution is -2.21. The molecule has 0 saturated heterocycles. The number of halogens is 2. The summed E-state index contributed by atoms with van der Waals surface area (Å²) in [5, 5.41) is 0. The van der Waals surface area contributed by atoms with E-state index in [1.807, 2.05) is 6.92 Å². The van der Waals surface area contributed by atoms with Crippen LogP contribution < -0.4 is 10.6 Å². The van der Waals surface area contributed by atoms with Gasteiger partial charge in [0.1, 0.15) is 0 Å². The van der Waals surface area contributed by atoms with Gasteiger partial charge in [-0.1, -0.05) is 13.3 Å². The molecule has 0 bridgehead atoms. The molecule has 1 rings (SSSR count). The van der Waals surface area contributed by atoms with E-state index in [0.717, 1.165) is 18.9 Å². The highest BCUT2D eigenvalue weighted by Crippen LogP contribution is 2.27. The van der Waals surface area contributed by atoms with E-state index in [0.29, 0.717) is 6.54 Å². The highest BCUT2D eigenvalue weighted by atomic mass is 19.2. The predicted molar refractivity (Wildman–Crippen MR) is 58.9 cm³/mol. The molecule has 0 atom stereocenters. The van der Waals surface area contributed by atoms with Crippen LogP contribution in [0.15, 0.2) is 12.1 Å². The van der Waals surface area contributed by atoms with E-state index in [-0.39, 0.29) is 11.4 Å². The highest BCUT2D eigenvalue weighted by Gasteiger charge is 2.15. The van der Waals surface area contributed by atoms with Crippen LogP contribution in [0.2, 0.25) is 0 Å². The molecule has 0 fully saturated rings. The van der Waals surface area contributed by atoms with Crippen molar-refractivity contribution in [2.24, 2.45) is 0 Å². The minimum absolute atomic E-state index is 0.156. The Hall–Kier alpha value is -1.32.